The van der Waals surface area contributed by atoms with Crippen molar-refractivity contribution >= 4 is 27.2 Å². The minimum absolute atomic E-state index is 0.0652. The molecule has 0 fully saturated rings. The Labute approximate surface area is 185 Å². The SMILES string of the molecule is CS(=O)(=O)c1cncc(-c2ccc(COc3cc(N)nc4c3NNN4)c(OC(F)(F)F)c2)c1. The van der Waals surface area contributed by atoms with Crippen molar-refractivity contribution in [3.05, 3.63) is 48.3 Å². The summed E-state index contributed by atoms with van der Waals surface area (Å²) >= 11 is 0. The van der Waals surface area contributed by atoms with Crippen molar-refractivity contribution in [2.75, 3.05) is 22.8 Å². The van der Waals surface area contributed by atoms with Gasteiger partial charge >= 0.3 is 6.36 Å². The molecule has 3 heterocycles. The summed E-state index contributed by atoms with van der Waals surface area (Å²) in [5.41, 5.74) is 14.9. The van der Waals surface area contributed by atoms with Gasteiger partial charge in [0, 0.05) is 35.8 Å². The van der Waals surface area contributed by atoms with E-state index in [2.05, 4.69) is 31.1 Å². The van der Waals surface area contributed by atoms with Crippen LogP contribution in [0.5, 0.6) is 11.5 Å². The molecule has 4 rings (SSSR count). The van der Waals surface area contributed by atoms with Gasteiger partial charge in [-0.05, 0) is 17.7 Å². The van der Waals surface area contributed by atoms with Gasteiger partial charge in [0.25, 0.3) is 0 Å². The first-order chi connectivity index (χ1) is 15.5. The number of sulfone groups is 1. The van der Waals surface area contributed by atoms with Crippen LogP contribution in [-0.2, 0) is 16.4 Å². The van der Waals surface area contributed by atoms with Crippen molar-refractivity contribution in [3.8, 4) is 22.6 Å². The van der Waals surface area contributed by atoms with Crippen LogP contribution in [0, 0.1) is 0 Å². The molecule has 174 valence electrons. The second-order valence-corrected chi connectivity index (χ2v) is 9.00. The van der Waals surface area contributed by atoms with Crippen LogP contribution in [0.15, 0.2) is 47.6 Å². The standard InChI is InChI=1S/C19H17F3N6O4S/c1-33(29,30)13-4-12(7-24-8-13)10-2-3-11(14(5-10)32-19(20,21)22)9-31-15-6-16(23)25-18-17(15)26-28-27-18/h2-8,26,28H,9H2,1H3,(H3,23,25,27). The van der Waals surface area contributed by atoms with Crippen LogP contribution in [0.3, 0.4) is 0 Å². The van der Waals surface area contributed by atoms with Crippen molar-refractivity contribution in [2.24, 2.45) is 0 Å². The van der Waals surface area contributed by atoms with E-state index in [0.29, 0.717) is 17.1 Å². The van der Waals surface area contributed by atoms with Gasteiger partial charge in [-0.2, -0.15) is 0 Å². The van der Waals surface area contributed by atoms with Gasteiger partial charge in [0.15, 0.2) is 21.4 Å². The molecule has 33 heavy (non-hydrogen) atoms. The molecular formula is C19H17F3N6O4S. The van der Waals surface area contributed by atoms with Crippen LogP contribution in [0.1, 0.15) is 5.56 Å². The molecule has 0 aliphatic carbocycles. The van der Waals surface area contributed by atoms with E-state index in [-0.39, 0.29) is 34.2 Å². The molecular weight excluding hydrogens is 465 g/mol. The Morgan fingerprint density at radius 3 is 2.58 bits per heavy atom. The van der Waals surface area contributed by atoms with Crippen LogP contribution in [-0.4, -0.2) is 31.0 Å². The second kappa shape index (κ2) is 8.29. The van der Waals surface area contributed by atoms with Crippen molar-refractivity contribution in [3.63, 3.8) is 0 Å². The molecule has 0 spiro atoms. The van der Waals surface area contributed by atoms with Gasteiger partial charge in [0.2, 0.25) is 0 Å². The average Bonchev–Trinajstić information content (AvgIpc) is 3.19. The number of benzene rings is 1. The van der Waals surface area contributed by atoms with E-state index in [0.717, 1.165) is 18.5 Å². The fourth-order valence-corrected chi connectivity index (χ4v) is 3.62. The van der Waals surface area contributed by atoms with Crippen LogP contribution < -0.4 is 31.6 Å². The molecule has 10 nitrogen and oxygen atoms in total. The number of anilines is 3. The van der Waals surface area contributed by atoms with Gasteiger partial charge < -0.3 is 15.2 Å². The van der Waals surface area contributed by atoms with Gasteiger partial charge in [-0.15, -0.1) is 18.7 Å². The van der Waals surface area contributed by atoms with Gasteiger partial charge in [0.1, 0.15) is 23.9 Å². The fraction of sp³-hybridized carbons (Fsp3) is 0.158. The zero-order valence-corrected chi connectivity index (χ0v) is 17.7. The van der Waals surface area contributed by atoms with Gasteiger partial charge in [-0.1, -0.05) is 12.1 Å². The summed E-state index contributed by atoms with van der Waals surface area (Å²) in [6, 6.07) is 6.78. The average molecular weight is 482 g/mol. The molecule has 0 bridgehead atoms. The lowest BCUT2D eigenvalue weighted by Gasteiger charge is -2.16. The molecule has 2 aromatic heterocycles. The van der Waals surface area contributed by atoms with Gasteiger partial charge in [-0.25, -0.2) is 13.4 Å². The summed E-state index contributed by atoms with van der Waals surface area (Å²) in [6.07, 6.45) is -1.45. The minimum Gasteiger partial charge on any atom is -0.486 e. The smallest absolute Gasteiger partial charge is 0.486 e. The Morgan fingerprint density at radius 1 is 1.06 bits per heavy atom. The van der Waals surface area contributed by atoms with Gasteiger partial charge in [-0.3, -0.25) is 15.8 Å². The summed E-state index contributed by atoms with van der Waals surface area (Å²) in [5, 5.41) is 0. The second-order valence-electron chi connectivity index (χ2n) is 6.98. The molecule has 0 radical (unpaired) electrons. The Bertz CT molecular complexity index is 1320. The molecule has 1 aliphatic heterocycles. The molecule has 0 saturated heterocycles. The maximum atomic E-state index is 13.1. The van der Waals surface area contributed by atoms with Crippen molar-refractivity contribution in [2.45, 2.75) is 17.9 Å². The molecule has 5 N–H and O–H groups in total. The first kappa shape index (κ1) is 22.4. The molecule has 0 unspecified atom stereocenters. The number of rotatable bonds is 6. The summed E-state index contributed by atoms with van der Waals surface area (Å²) in [7, 11) is -3.55. The predicted octanol–water partition coefficient (Wildman–Crippen LogP) is 2.86. The van der Waals surface area contributed by atoms with E-state index in [1.165, 1.54) is 30.5 Å². The number of halogens is 3. The lowest BCUT2D eigenvalue weighted by Crippen LogP contribution is -2.19. The number of ether oxygens (including phenoxy) is 2. The summed E-state index contributed by atoms with van der Waals surface area (Å²) in [5.74, 6) is 0.252. The number of hydrazine groups is 2. The minimum atomic E-state index is -4.96. The van der Waals surface area contributed by atoms with Crippen molar-refractivity contribution in [1.29, 1.82) is 0 Å². The van der Waals surface area contributed by atoms with Crippen LogP contribution >= 0.6 is 0 Å². The summed E-state index contributed by atoms with van der Waals surface area (Å²) in [6.45, 7) is -0.287. The maximum Gasteiger partial charge on any atom is 0.573 e. The Balaban J connectivity index is 1.67. The highest BCUT2D eigenvalue weighted by Gasteiger charge is 2.32. The first-order valence-electron chi connectivity index (χ1n) is 9.24. The molecule has 1 aliphatic rings. The summed E-state index contributed by atoms with van der Waals surface area (Å²) in [4.78, 5) is 7.85. The van der Waals surface area contributed by atoms with Crippen LogP contribution in [0.25, 0.3) is 11.1 Å². The van der Waals surface area contributed by atoms with Crippen molar-refractivity contribution in [1.82, 2.24) is 15.5 Å². The quantitative estimate of drug-likeness (QED) is 0.414. The molecule has 1 aromatic carbocycles. The Kier molecular flexibility index (Phi) is 5.63. The monoisotopic (exact) mass is 482 g/mol. The van der Waals surface area contributed by atoms with Gasteiger partial charge in [0.05, 0.1) is 4.90 Å². The number of pyridine rings is 2. The number of aromatic nitrogens is 2. The number of nitrogen functional groups attached to an aromatic ring is 1. The first-order valence-corrected chi connectivity index (χ1v) is 11.1. The molecule has 0 saturated carbocycles. The number of nitrogens with two attached hydrogens (primary N) is 1. The number of alkyl halides is 3. The highest BCUT2D eigenvalue weighted by Crippen LogP contribution is 2.37. The number of nitrogens with one attached hydrogen (secondary N) is 3. The van der Waals surface area contributed by atoms with E-state index in [4.69, 9.17) is 10.5 Å². The number of hydrogen-bond acceptors (Lipinski definition) is 10. The third-order valence-corrected chi connectivity index (χ3v) is 5.60. The van der Waals surface area contributed by atoms with E-state index < -0.39 is 21.9 Å². The Hall–Kier alpha value is -3.78. The summed E-state index contributed by atoms with van der Waals surface area (Å²) < 4.78 is 72.7. The lowest BCUT2D eigenvalue weighted by atomic mass is 10.0. The Morgan fingerprint density at radius 2 is 1.85 bits per heavy atom. The largest absolute Gasteiger partial charge is 0.573 e. The molecule has 3 aromatic rings. The third kappa shape index (κ3) is 5.18. The van der Waals surface area contributed by atoms with E-state index in [1.54, 1.807) is 0 Å². The zero-order chi connectivity index (χ0) is 23.8. The highest BCUT2D eigenvalue weighted by atomic mass is 32.2. The maximum absolute atomic E-state index is 13.1. The fourth-order valence-electron chi connectivity index (χ4n) is 3.03. The molecule has 0 amide bonds. The predicted molar refractivity (Wildman–Crippen MR) is 113 cm³/mol. The number of fused-ring (bicyclic) bond motifs is 1. The zero-order valence-electron chi connectivity index (χ0n) is 16.9. The van der Waals surface area contributed by atoms with Crippen molar-refractivity contribution < 1.29 is 31.1 Å². The van der Waals surface area contributed by atoms with Crippen LogP contribution in [0.2, 0.25) is 0 Å². The molecule has 0 atom stereocenters. The number of nitrogens with zero attached hydrogens (tertiary/aromatic N) is 2. The lowest BCUT2D eigenvalue weighted by molar-refractivity contribution is -0.275. The van der Waals surface area contributed by atoms with Crippen LogP contribution in [0.4, 0.5) is 30.5 Å². The van der Waals surface area contributed by atoms with E-state index in [9.17, 15) is 21.6 Å². The van der Waals surface area contributed by atoms with E-state index >= 15 is 0 Å². The third-order valence-electron chi connectivity index (χ3n) is 4.52. The topological polar surface area (TPSA) is 140 Å². The molecule has 14 heteroatoms. The normalized spacial score (nSPS) is 13.1. The number of hydrogen-bond donors (Lipinski definition) is 4. The highest BCUT2D eigenvalue weighted by molar-refractivity contribution is 7.90. The van der Waals surface area contributed by atoms with E-state index in [1.807, 2.05) is 0 Å².